The number of fused-ring (bicyclic) bond motifs is 5. The summed E-state index contributed by atoms with van der Waals surface area (Å²) in [5, 5.41) is 0. The zero-order chi connectivity index (χ0) is 21.0. The molecule has 4 aliphatic rings. The van der Waals surface area contributed by atoms with Crippen molar-refractivity contribution in [2.45, 2.75) is 105 Å². The van der Waals surface area contributed by atoms with E-state index in [0.29, 0.717) is 41.7 Å². The lowest BCUT2D eigenvalue weighted by Gasteiger charge is -2.59. The molecule has 8 atom stereocenters. The number of carbonyl (C=O) groups is 2. The summed E-state index contributed by atoms with van der Waals surface area (Å²) in [6.45, 7) is 12.2. The fourth-order valence-corrected chi connectivity index (χ4v) is 8.86. The van der Waals surface area contributed by atoms with E-state index in [2.05, 4.69) is 34.6 Å². The molecule has 0 radical (unpaired) electrons. The molecule has 0 N–H and O–H groups in total. The second kappa shape index (κ2) is 7.79. The van der Waals surface area contributed by atoms with Crippen LogP contribution in [0.5, 0.6) is 0 Å². The van der Waals surface area contributed by atoms with E-state index in [-0.39, 0.29) is 11.3 Å². The predicted molar refractivity (Wildman–Crippen MR) is 118 cm³/mol. The minimum absolute atomic E-state index is 0.0292. The number of hydrogen-bond acceptors (Lipinski definition) is 2. The van der Waals surface area contributed by atoms with Gasteiger partial charge in [0.25, 0.3) is 0 Å². The molecule has 0 aliphatic heterocycles. The molecular weight excluding hydrogens is 356 g/mol. The van der Waals surface area contributed by atoms with Crippen molar-refractivity contribution >= 4 is 11.6 Å². The molecule has 164 valence electrons. The summed E-state index contributed by atoms with van der Waals surface area (Å²) >= 11 is 0. The van der Waals surface area contributed by atoms with Crippen molar-refractivity contribution in [2.24, 2.45) is 52.3 Å². The van der Waals surface area contributed by atoms with Gasteiger partial charge in [0.15, 0.2) is 0 Å². The highest BCUT2D eigenvalue weighted by molar-refractivity contribution is 5.90. The van der Waals surface area contributed by atoms with Crippen molar-refractivity contribution in [3.8, 4) is 0 Å². The molecule has 2 heteroatoms. The standard InChI is InChI=1S/C27H44O2/c1-17(2)7-6-8-18(3)21-9-10-22-20-16-25(29)24-15-19(28)11-13-27(24,5)23(20)12-14-26(21,22)4/h17-18,20-24H,6-16H2,1-5H3. The maximum Gasteiger partial charge on any atom is 0.137 e. The Morgan fingerprint density at radius 2 is 1.62 bits per heavy atom. The van der Waals surface area contributed by atoms with Crippen LogP contribution in [-0.2, 0) is 9.59 Å². The van der Waals surface area contributed by atoms with Gasteiger partial charge in [-0.2, -0.15) is 0 Å². The van der Waals surface area contributed by atoms with Crippen LogP contribution in [0.15, 0.2) is 0 Å². The Morgan fingerprint density at radius 1 is 0.897 bits per heavy atom. The largest absolute Gasteiger partial charge is 0.300 e. The summed E-state index contributed by atoms with van der Waals surface area (Å²) in [6, 6.07) is 0. The van der Waals surface area contributed by atoms with Crippen molar-refractivity contribution in [3.63, 3.8) is 0 Å². The van der Waals surface area contributed by atoms with Gasteiger partial charge in [0, 0.05) is 25.2 Å². The van der Waals surface area contributed by atoms with Crippen LogP contribution in [0.4, 0.5) is 0 Å². The number of Topliss-reactive ketones (excluding diaryl/α,β-unsaturated/α-hetero) is 2. The van der Waals surface area contributed by atoms with Crippen LogP contribution < -0.4 is 0 Å². The van der Waals surface area contributed by atoms with Crippen molar-refractivity contribution in [1.82, 2.24) is 0 Å². The van der Waals surface area contributed by atoms with Crippen molar-refractivity contribution < 1.29 is 9.59 Å². The Labute approximate surface area is 179 Å². The molecule has 2 nitrogen and oxygen atoms in total. The normalized spacial score (nSPS) is 45.7. The quantitative estimate of drug-likeness (QED) is 0.505. The summed E-state index contributed by atoms with van der Waals surface area (Å²) in [7, 11) is 0. The highest BCUT2D eigenvalue weighted by Crippen LogP contribution is 2.67. The second-order valence-electron chi connectivity index (χ2n) is 12.4. The average Bonchev–Trinajstić information content (AvgIpc) is 3.00. The fourth-order valence-electron chi connectivity index (χ4n) is 8.86. The van der Waals surface area contributed by atoms with Crippen LogP contribution in [0.1, 0.15) is 105 Å². The van der Waals surface area contributed by atoms with E-state index >= 15 is 0 Å². The molecule has 0 aromatic heterocycles. The first-order valence-electron chi connectivity index (χ1n) is 12.7. The van der Waals surface area contributed by atoms with Gasteiger partial charge in [0.05, 0.1) is 0 Å². The zero-order valence-electron chi connectivity index (χ0n) is 19.6. The van der Waals surface area contributed by atoms with E-state index in [9.17, 15) is 9.59 Å². The highest BCUT2D eigenvalue weighted by atomic mass is 16.1. The Bertz CT molecular complexity index is 651. The van der Waals surface area contributed by atoms with Crippen LogP contribution in [0.2, 0.25) is 0 Å². The maximum absolute atomic E-state index is 13.2. The molecule has 8 unspecified atom stereocenters. The van der Waals surface area contributed by atoms with Crippen LogP contribution in [0.25, 0.3) is 0 Å². The molecule has 4 fully saturated rings. The van der Waals surface area contributed by atoms with Crippen molar-refractivity contribution in [2.75, 3.05) is 0 Å². The molecule has 0 saturated heterocycles. The monoisotopic (exact) mass is 400 g/mol. The predicted octanol–water partition coefficient (Wildman–Crippen LogP) is 6.86. The maximum atomic E-state index is 13.2. The van der Waals surface area contributed by atoms with Crippen LogP contribution in [0.3, 0.4) is 0 Å². The number of carbonyl (C=O) groups excluding carboxylic acids is 2. The smallest absolute Gasteiger partial charge is 0.137 e. The molecule has 4 saturated carbocycles. The van der Waals surface area contributed by atoms with Crippen LogP contribution in [0, 0.1) is 52.3 Å². The molecule has 0 bridgehead atoms. The van der Waals surface area contributed by atoms with Gasteiger partial charge in [0.2, 0.25) is 0 Å². The Balaban J connectivity index is 1.51. The van der Waals surface area contributed by atoms with Gasteiger partial charge in [-0.25, -0.2) is 0 Å². The molecular formula is C27H44O2. The lowest BCUT2D eigenvalue weighted by molar-refractivity contribution is -0.159. The van der Waals surface area contributed by atoms with Crippen LogP contribution in [-0.4, -0.2) is 11.6 Å². The van der Waals surface area contributed by atoms with Gasteiger partial charge in [-0.05, 0) is 78.4 Å². The average molecular weight is 401 g/mol. The molecule has 0 aromatic carbocycles. The van der Waals surface area contributed by atoms with E-state index in [1.165, 1.54) is 44.9 Å². The molecule has 29 heavy (non-hydrogen) atoms. The number of hydrogen-bond donors (Lipinski definition) is 0. The summed E-state index contributed by atoms with van der Waals surface area (Å²) < 4.78 is 0. The van der Waals surface area contributed by atoms with E-state index in [4.69, 9.17) is 0 Å². The third-order valence-electron chi connectivity index (χ3n) is 10.5. The summed E-state index contributed by atoms with van der Waals surface area (Å²) in [5.41, 5.74) is 0.530. The molecule has 0 spiro atoms. The SMILES string of the molecule is CC(C)CCCC(C)C1CCC2C3CC(=O)C4CC(=O)CCC4(C)C3CCC12C. The third-order valence-corrected chi connectivity index (χ3v) is 10.5. The van der Waals surface area contributed by atoms with Gasteiger partial charge in [-0.15, -0.1) is 0 Å². The van der Waals surface area contributed by atoms with E-state index in [1.54, 1.807) is 0 Å². The van der Waals surface area contributed by atoms with Gasteiger partial charge in [-0.1, -0.05) is 53.9 Å². The van der Waals surface area contributed by atoms with Gasteiger partial charge >= 0.3 is 0 Å². The second-order valence-corrected chi connectivity index (χ2v) is 12.4. The molecule has 0 aromatic rings. The third kappa shape index (κ3) is 3.55. The zero-order valence-corrected chi connectivity index (χ0v) is 19.6. The first-order chi connectivity index (χ1) is 13.7. The highest BCUT2D eigenvalue weighted by Gasteiger charge is 2.62. The molecule has 4 aliphatic carbocycles. The van der Waals surface area contributed by atoms with E-state index in [1.807, 2.05) is 0 Å². The summed E-state index contributed by atoms with van der Waals surface area (Å²) in [5.74, 6) is 5.25. The first-order valence-corrected chi connectivity index (χ1v) is 12.7. The molecule has 0 heterocycles. The first kappa shape index (κ1) is 21.6. The lowest BCUT2D eigenvalue weighted by Crippen LogP contribution is -2.56. The summed E-state index contributed by atoms with van der Waals surface area (Å²) in [4.78, 5) is 25.3. The molecule has 0 amide bonds. The fraction of sp³-hybridized carbons (Fsp3) is 0.926. The Kier molecular flexibility index (Phi) is 5.79. The van der Waals surface area contributed by atoms with E-state index < -0.39 is 0 Å². The van der Waals surface area contributed by atoms with Crippen molar-refractivity contribution in [3.05, 3.63) is 0 Å². The van der Waals surface area contributed by atoms with Crippen molar-refractivity contribution in [1.29, 1.82) is 0 Å². The Hall–Kier alpha value is -0.660. The minimum atomic E-state index is 0.0292. The molecule has 4 rings (SSSR count). The minimum Gasteiger partial charge on any atom is -0.300 e. The number of rotatable bonds is 5. The lowest BCUT2D eigenvalue weighted by atomic mass is 9.44. The van der Waals surface area contributed by atoms with Gasteiger partial charge in [0.1, 0.15) is 11.6 Å². The summed E-state index contributed by atoms with van der Waals surface area (Å²) in [6.07, 6.45) is 12.4. The Morgan fingerprint density at radius 3 is 2.34 bits per heavy atom. The van der Waals surface area contributed by atoms with Crippen LogP contribution >= 0.6 is 0 Å². The topological polar surface area (TPSA) is 34.1 Å². The van der Waals surface area contributed by atoms with Gasteiger partial charge in [-0.3, -0.25) is 9.59 Å². The van der Waals surface area contributed by atoms with Gasteiger partial charge < -0.3 is 0 Å². The van der Waals surface area contributed by atoms with E-state index in [0.717, 1.165) is 36.5 Å². The number of ketones is 2.